The molecule has 114 valence electrons. The second kappa shape index (κ2) is 5.03. The van der Waals surface area contributed by atoms with Gasteiger partial charge in [-0.1, -0.05) is 38.1 Å². The molecule has 0 aromatic heterocycles. The lowest BCUT2D eigenvalue weighted by molar-refractivity contribution is 0.0155. The van der Waals surface area contributed by atoms with Gasteiger partial charge in [-0.2, -0.15) is 0 Å². The highest BCUT2D eigenvalue weighted by atomic mass is 16.3. The molecule has 3 nitrogen and oxygen atoms in total. The second-order valence-corrected chi connectivity index (χ2v) is 6.83. The number of aliphatic hydroxyl groups excluding tert-OH is 1. The zero-order valence-corrected chi connectivity index (χ0v) is 12.9. The third-order valence-corrected chi connectivity index (χ3v) is 5.04. The first-order valence-corrected chi connectivity index (χ1v) is 7.59. The van der Waals surface area contributed by atoms with Crippen molar-refractivity contribution in [2.75, 3.05) is 0 Å². The van der Waals surface area contributed by atoms with Crippen molar-refractivity contribution in [3.63, 3.8) is 0 Å². The van der Waals surface area contributed by atoms with Crippen molar-refractivity contribution in [1.82, 2.24) is 0 Å². The molecule has 2 aliphatic carbocycles. The molecular weight excluding hydrogens is 276 g/mol. The number of carbonyl (C=O) groups is 2. The number of allylic oxidation sites excluding steroid dienone is 3. The van der Waals surface area contributed by atoms with Crippen LogP contribution in [0.5, 0.6) is 0 Å². The molecule has 2 aliphatic rings. The van der Waals surface area contributed by atoms with Crippen LogP contribution in [0.25, 0.3) is 0 Å². The molecule has 0 saturated heterocycles. The number of fused-ring (bicyclic) bond motifs is 1. The largest absolute Gasteiger partial charge is 0.393 e. The summed E-state index contributed by atoms with van der Waals surface area (Å²) in [5.74, 6) is -0.297. The van der Waals surface area contributed by atoms with Crippen molar-refractivity contribution in [2.24, 2.45) is 5.41 Å². The van der Waals surface area contributed by atoms with E-state index in [2.05, 4.69) is 6.58 Å². The predicted octanol–water partition coefficient (Wildman–Crippen LogP) is 3.44. The lowest BCUT2D eigenvalue weighted by atomic mass is 9.62. The van der Waals surface area contributed by atoms with Crippen LogP contribution in [0.3, 0.4) is 0 Å². The Kier molecular flexibility index (Phi) is 3.41. The predicted molar refractivity (Wildman–Crippen MR) is 85.1 cm³/mol. The van der Waals surface area contributed by atoms with Crippen molar-refractivity contribution in [3.05, 3.63) is 59.2 Å². The lowest BCUT2D eigenvalue weighted by Gasteiger charge is -2.44. The van der Waals surface area contributed by atoms with Crippen LogP contribution in [0.15, 0.2) is 42.5 Å². The van der Waals surface area contributed by atoms with E-state index < -0.39 is 6.10 Å². The van der Waals surface area contributed by atoms with Crippen LogP contribution in [0.1, 0.15) is 58.9 Å². The number of ketones is 2. The molecule has 22 heavy (non-hydrogen) atoms. The molecule has 3 rings (SSSR count). The first kappa shape index (κ1) is 14.9. The molecule has 2 atom stereocenters. The van der Waals surface area contributed by atoms with Crippen LogP contribution in [-0.4, -0.2) is 22.8 Å². The zero-order valence-electron chi connectivity index (χ0n) is 12.9. The molecule has 0 bridgehead atoms. The van der Waals surface area contributed by atoms with E-state index in [0.29, 0.717) is 17.5 Å². The summed E-state index contributed by atoms with van der Waals surface area (Å²) in [5.41, 5.74) is 2.58. The SMILES string of the molecule is C=C1CC[C@@H](O)C(C)(C)[C@@H]1c1ccc2c(c1)C(=O)C=CC2=O. The van der Waals surface area contributed by atoms with Gasteiger partial charge in [0.2, 0.25) is 0 Å². The fourth-order valence-corrected chi connectivity index (χ4v) is 3.71. The van der Waals surface area contributed by atoms with Crippen molar-refractivity contribution in [3.8, 4) is 0 Å². The number of hydrogen-bond donors (Lipinski definition) is 1. The van der Waals surface area contributed by atoms with E-state index in [9.17, 15) is 14.7 Å². The first-order chi connectivity index (χ1) is 10.3. The molecular formula is C19H20O3. The molecule has 0 amide bonds. The second-order valence-electron chi connectivity index (χ2n) is 6.83. The van der Waals surface area contributed by atoms with Crippen LogP contribution < -0.4 is 0 Å². The van der Waals surface area contributed by atoms with Crippen LogP contribution in [0.4, 0.5) is 0 Å². The molecule has 0 heterocycles. The normalized spacial score (nSPS) is 27.0. The smallest absolute Gasteiger partial charge is 0.186 e. The molecule has 0 unspecified atom stereocenters. The van der Waals surface area contributed by atoms with Gasteiger partial charge >= 0.3 is 0 Å². The Morgan fingerprint density at radius 3 is 2.45 bits per heavy atom. The van der Waals surface area contributed by atoms with E-state index in [1.54, 1.807) is 12.1 Å². The molecule has 1 fully saturated rings. The van der Waals surface area contributed by atoms with Crippen LogP contribution in [-0.2, 0) is 0 Å². The minimum Gasteiger partial charge on any atom is -0.393 e. The van der Waals surface area contributed by atoms with Crippen molar-refractivity contribution < 1.29 is 14.7 Å². The molecule has 0 spiro atoms. The fourth-order valence-electron chi connectivity index (χ4n) is 3.71. The van der Waals surface area contributed by atoms with Gasteiger partial charge < -0.3 is 5.11 Å². The van der Waals surface area contributed by atoms with Gasteiger partial charge in [-0.05, 0) is 36.6 Å². The van der Waals surface area contributed by atoms with E-state index >= 15 is 0 Å². The van der Waals surface area contributed by atoms with E-state index in [1.165, 1.54) is 12.2 Å². The Labute approximate surface area is 130 Å². The molecule has 3 heteroatoms. The standard InChI is InChI=1S/C19H20O3/c1-11-4-9-17(22)19(2,3)18(11)12-5-6-13-14(10-12)16(21)8-7-15(13)20/h5-8,10,17-18,22H,1,4,9H2,2-3H3/t17-,18+/m1/s1. The summed E-state index contributed by atoms with van der Waals surface area (Å²) in [6, 6.07) is 5.41. The summed E-state index contributed by atoms with van der Waals surface area (Å²) in [4.78, 5) is 23.9. The van der Waals surface area contributed by atoms with Gasteiger partial charge in [0.1, 0.15) is 0 Å². The summed E-state index contributed by atoms with van der Waals surface area (Å²) in [6.07, 6.45) is 3.73. The minimum atomic E-state index is -0.406. The summed E-state index contributed by atoms with van der Waals surface area (Å²) < 4.78 is 0. The number of hydrogen-bond acceptors (Lipinski definition) is 3. The highest BCUT2D eigenvalue weighted by Gasteiger charge is 2.42. The number of rotatable bonds is 1. The van der Waals surface area contributed by atoms with Crippen LogP contribution in [0, 0.1) is 5.41 Å². The average molecular weight is 296 g/mol. The van der Waals surface area contributed by atoms with Crippen molar-refractivity contribution in [1.29, 1.82) is 0 Å². The Hall–Kier alpha value is -2.00. The Morgan fingerprint density at radius 2 is 1.77 bits per heavy atom. The van der Waals surface area contributed by atoms with E-state index in [1.807, 2.05) is 19.9 Å². The van der Waals surface area contributed by atoms with Gasteiger partial charge in [0.15, 0.2) is 11.6 Å². The monoisotopic (exact) mass is 296 g/mol. The van der Waals surface area contributed by atoms with Gasteiger partial charge in [-0.3, -0.25) is 9.59 Å². The maximum atomic E-state index is 12.1. The summed E-state index contributed by atoms with van der Waals surface area (Å²) in [6.45, 7) is 8.22. The van der Waals surface area contributed by atoms with E-state index in [-0.39, 0.29) is 22.9 Å². The molecule has 1 aromatic rings. The van der Waals surface area contributed by atoms with E-state index in [0.717, 1.165) is 17.6 Å². The van der Waals surface area contributed by atoms with Gasteiger partial charge in [0.05, 0.1) is 6.10 Å². The highest BCUT2D eigenvalue weighted by molar-refractivity contribution is 6.22. The maximum Gasteiger partial charge on any atom is 0.186 e. The van der Waals surface area contributed by atoms with Gasteiger partial charge in [-0.15, -0.1) is 0 Å². The Morgan fingerprint density at radius 1 is 1.14 bits per heavy atom. The van der Waals surface area contributed by atoms with E-state index in [4.69, 9.17) is 0 Å². The number of aliphatic hydroxyl groups is 1. The number of benzene rings is 1. The number of carbonyl (C=O) groups excluding carboxylic acids is 2. The third-order valence-electron chi connectivity index (χ3n) is 5.04. The molecule has 1 saturated carbocycles. The average Bonchev–Trinajstić information content (AvgIpc) is 2.47. The van der Waals surface area contributed by atoms with Gasteiger partial charge in [0, 0.05) is 22.5 Å². The van der Waals surface area contributed by atoms with Crippen LogP contribution in [0.2, 0.25) is 0 Å². The first-order valence-electron chi connectivity index (χ1n) is 7.59. The van der Waals surface area contributed by atoms with Crippen LogP contribution >= 0.6 is 0 Å². The van der Waals surface area contributed by atoms with Crippen molar-refractivity contribution >= 4 is 11.6 Å². The minimum absolute atomic E-state index is 0.0182. The summed E-state index contributed by atoms with van der Waals surface area (Å²) >= 11 is 0. The molecule has 1 N–H and O–H groups in total. The summed E-state index contributed by atoms with van der Waals surface area (Å²) in [5, 5.41) is 10.3. The molecule has 0 aliphatic heterocycles. The fraction of sp³-hybridized carbons (Fsp3) is 0.368. The highest BCUT2D eigenvalue weighted by Crippen LogP contribution is 2.49. The Bertz CT molecular complexity index is 709. The topological polar surface area (TPSA) is 54.4 Å². The third kappa shape index (κ3) is 2.17. The van der Waals surface area contributed by atoms with Crippen molar-refractivity contribution in [2.45, 2.75) is 38.7 Å². The maximum absolute atomic E-state index is 12.1. The lowest BCUT2D eigenvalue weighted by Crippen LogP contribution is -2.40. The Balaban J connectivity index is 2.10. The quantitative estimate of drug-likeness (QED) is 0.808. The molecule has 1 aromatic carbocycles. The molecule has 0 radical (unpaired) electrons. The summed E-state index contributed by atoms with van der Waals surface area (Å²) in [7, 11) is 0. The van der Waals surface area contributed by atoms with Gasteiger partial charge in [0.25, 0.3) is 0 Å². The zero-order chi connectivity index (χ0) is 16.1. The van der Waals surface area contributed by atoms with Gasteiger partial charge in [-0.25, -0.2) is 0 Å².